The fourth-order valence-corrected chi connectivity index (χ4v) is 3.21. The molecule has 1 aliphatic heterocycles. The van der Waals surface area contributed by atoms with Crippen molar-refractivity contribution in [2.75, 3.05) is 31.2 Å². The Morgan fingerprint density at radius 3 is 2.88 bits per heavy atom. The van der Waals surface area contributed by atoms with Crippen LogP contribution in [0.4, 0.5) is 5.13 Å². The van der Waals surface area contributed by atoms with Gasteiger partial charge in [-0.3, -0.25) is 4.79 Å². The molecule has 0 spiro atoms. The van der Waals surface area contributed by atoms with Crippen molar-refractivity contribution in [3.05, 3.63) is 45.9 Å². The van der Waals surface area contributed by atoms with E-state index in [4.69, 9.17) is 16.3 Å². The summed E-state index contributed by atoms with van der Waals surface area (Å²) >= 11 is 7.36. The van der Waals surface area contributed by atoms with Crippen molar-refractivity contribution in [3.63, 3.8) is 0 Å². The minimum atomic E-state index is -0.195. The van der Waals surface area contributed by atoms with Crippen LogP contribution in [-0.2, 0) is 16.0 Å². The first-order valence-corrected chi connectivity index (χ1v) is 8.81. The number of hydrogen-bond donors (Lipinski definition) is 1. The highest BCUT2D eigenvalue weighted by molar-refractivity contribution is 7.13. The van der Waals surface area contributed by atoms with E-state index in [1.54, 1.807) is 29.7 Å². The lowest BCUT2D eigenvalue weighted by Gasteiger charge is -2.26. The van der Waals surface area contributed by atoms with Gasteiger partial charge in [0.2, 0.25) is 5.91 Å². The molecule has 1 aromatic carbocycles. The van der Waals surface area contributed by atoms with Crippen molar-refractivity contribution in [2.24, 2.45) is 5.10 Å². The van der Waals surface area contributed by atoms with Gasteiger partial charge in [-0.1, -0.05) is 23.7 Å². The second-order valence-corrected chi connectivity index (χ2v) is 6.52. The Hall–Kier alpha value is -1.96. The monoisotopic (exact) mass is 364 g/mol. The van der Waals surface area contributed by atoms with Gasteiger partial charge in [-0.2, -0.15) is 5.10 Å². The molecule has 2 aromatic rings. The molecule has 0 aliphatic carbocycles. The highest BCUT2D eigenvalue weighted by Crippen LogP contribution is 2.21. The molecule has 2 heterocycles. The van der Waals surface area contributed by atoms with Crippen LogP contribution in [0.15, 0.2) is 34.7 Å². The summed E-state index contributed by atoms with van der Waals surface area (Å²) in [5.41, 5.74) is 4.13. The Balaban J connectivity index is 1.49. The predicted octanol–water partition coefficient (Wildman–Crippen LogP) is 2.33. The number of carbonyl (C=O) groups is 1. The summed E-state index contributed by atoms with van der Waals surface area (Å²) in [6.45, 7) is 3.11. The van der Waals surface area contributed by atoms with Gasteiger partial charge in [0.15, 0.2) is 5.13 Å². The highest BCUT2D eigenvalue weighted by atomic mass is 35.5. The van der Waals surface area contributed by atoms with Crippen LogP contribution in [0, 0.1) is 0 Å². The minimum absolute atomic E-state index is 0.195. The molecule has 1 aliphatic rings. The van der Waals surface area contributed by atoms with E-state index < -0.39 is 0 Å². The molecular formula is C16H17ClN4O2S. The fraction of sp³-hybridized carbons (Fsp3) is 0.312. The lowest BCUT2D eigenvalue weighted by atomic mass is 10.2. The molecule has 0 unspecified atom stereocenters. The third-order valence-corrected chi connectivity index (χ3v) is 4.64. The molecule has 6 nitrogen and oxygen atoms in total. The van der Waals surface area contributed by atoms with Crippen molar-refractivity contribution < 1.29 is 9.53 Å². The largest absolute Gasteiger partial charge is 0.378 e. The van der Waals surface area contributed by atoms with Crippen LogP contribution in [0.1, 0.15) is 11.3 Å². The van der Waals surface area contributed by atoms with Crippen LogP contribution in [-0.4, -0.2) is 43.4 Å². The first-order valence-electron chi connectivity index (χ1n) is 7.55. The predicted molar refractivity (Wildman–Crippen MR) is 96.0 cm³/mol. The number of aromatic nitrogens is 1. The summed E-state index contributed by atoms with van der Waals surface area (Å²) in [7, 11) is 0. The number of rotatable bonds is 5. The summed E-state index contributed by atoms with van der Waals surface area (Å²) in [4.78, 5) is 18.6. The van der Waals surface area contributed by atoms with E-state index in [0.29, 0.717) is 5.02 Å². The number of thiazole rings is 1. The van der Waals surface area contributed by atoms with Crippen molar-refractivity contribution in [1.29, 1.82) is 0 Å². The van der Waals surface area contributed by atoms with Crippen LogP contribution in [0.5, 0.6) is 0 Å². The molecular weight excluding hydrogens is 348 g/mol. The van der Waals surface area contributed by atoms with Gasteiger partial charge in [0, 0.05) is 23.5 Å². The molecule has 24 heavy (non-hydrogen) atoms. The third kappa shape index (κ3) is 4.77. The Kier molecular flexibility index (Phi) is 5.79. The average Bonchev–Trinajstić information content (AvgIpc) is 3.06. The molecule has 1 aromatic heterocycles. The maximum absolute atomic E-state index is 11.9. The Morgan fingerprint density at radius 1 is 1.38 bits per heavy atom. The quantitative estimate of drug-likeness (QED) is 0.653. The van der Waals surface area contributed by atoms with Crippen LogP contribution >= 0.6 is 22.9 Å². The summed E-state index contributed by atoms with van der Waals surface area (Å²) in [5.74, 6) is -0.195. The zero-order valence-electron chi connectivity index (χ0n) is 12.9. The highest BCUT2D eigenvalue weighted by Gasteiger charge is 2.15. The first-order chi connectivity index (χ1) is 11.7. The molecule has 1 fully saturated rings. The van der Waals surface area contributed by atoms with Crippen LogP contribution < -0.4 is 10.3 Å². The zero-order chi connectivity index (χ0) is 16.8. The molecule has 1 N–H and O–H groups in total. The number of amides is 1. The molecule has 0 bridgehead atoms. The molecule has 0 atom stereocenters. The van der Waals surface area contributed by atoms with E-state index in [1.165, 1.54) is 0 Å². The van der Waals surface area contributed by atoms with E-state index in [0.717, 1.165) is 42.7 Å². The molecule has 1 amide bonds. The number of hydrogen-bond acceptors (Lipinski definition) is 6. The topological polar surface area (TPSA) is 66.8 Å². The average molecular weight is 365 g/mol. The second-order valence-electron chi connectivity index (χ2n) is 5.24. The molecule has 126 valence electrons. The maximum Gasteiger partial charge on any atom is 0.246 e. The number of carbonyl (C=O) groups excluding carboxylic acids is 1. The molecule has 1 saturated heterocycles. The van der Waals surface area contributed by atoms with Crippen molar-refractivity contribution >= 4 is 40.2 Å². The summed E-state index contributed by atoms with van der Waals surface area (Å²) < 4.78 is 5.33. The summed E-state index contributed by atoms with van der Waals surface area (Å²) in [6, 6.07) is 7.19. The molecule has 0 radical (unpaired) electrons. The van der Waals surface area contributed by atoms with Gasteiger partial charge in [-0.15, -0.1) is 11.3 Å². The van der Waals surface area contributed by atoms with Gasteiger partial charge in [-0.25, -0.2) is 10.4 Å². The van der Waals surface area contributed by atoms with Gasteiger partial charge in [0.25, 0.3) is 0 Å². The summed E-state index contributed by atoms with van der Waals surface area (Å²) in [6.07, 6.45) is 1.78. The standard InChI is InChI=1S/C16H17ClN4O2S/c17-13-3-1-12(2-4-13)10-18-20-15(22)9-14-11-24-16(19-14)21-5-7-23-8-6-21/h1-4,10-11H,5-9H2,(H,20,22)/b18-10-. The zero-order valence-corrected chi connectivity index (χ0v) is 14.5. The van der Waals surface area contributed by atoms with Gasteiger partial charge < -0.3 is 9.64 Å². The number of halogens is 1. The van der Waals surface area contributed by atoms with Gasteiger partial charge in [0.1, 0.15) is 0 Å². The number of ether oxygens (including phenoxy) is 1. The lowest BCUT2D eigenvalue weighted by Crippen LogP contribution is -2.36. The van der Waals surface area contributed by atoms with Crippen molar-refractivity contribution in [2.45, 2.75) is 6.42 Å². The summed E-state index contributed by atoms with van der Waals surface area (Å²) in [5, 5.41) is 7.45. The van der Waals surface area contributed by atoms with E-state index in [1.807, 2.05) is 17.5 Å². The van der Waals surface area contributed by atoms with Crippen LogP contribution in [0.3, 0.4) is 0 Å². The van der Waals surface area contributed by atoms with E-state index in [-0.39, 0.29) is 12.3 Å². The molecule has 8 heteroatoms. The van der Waals surface area contributed by atoms with E-state index in [2.05, 4.69) is 20.4 Å². The normalized spacial score (nSPS) is 15.0. The van der Waals surface area contributed by atoms with Gasteiger partial charge >= 0.3 is 0 Å². The number of anilines is 1. The number of nitrogens with zero attached hydrogens (tertiary/aromatic N) is 3. The van der Waals surface area contributed by atoms with Crippen molar-refractivity contribution in [1.82, 2.24) is 10.4 Å². The van der Waals surface area contributed by atoms with Gasteiger partial charge in [-0.05, 0) is 17.7 Å². The van der Waals surface area contributed by atoms with Crippen LogP contribution in [0.2, 0.25) is 5.02 Å². The number of benzene rings is 1. The van der Waals surface area contributed by atoms with E-state index >= 15 is 0 Å². The third-order valence-electron chi connectivity index (χ3n) is 3.44. The number of hydrazone groups is 1. The fourth-order valence-electron chi connectivity index (χ4n) is 2.21. The van der Waals surface area contributed by atoms with Crippen molar-refractivity contribution in [3.8, 4) is 0 Å². The van der Waals surface area contributed by atoms with Gasteiger partial charge in [0.05, 0.1) is 31.5 Å². The minimum Gasteiger partial charge on any atom is -0.378 e. The SMILES string of the molecule is O=C(Cc1csc(N2CCOCC2)n1)N/N=C\c1ccc(Cl)cc1. The van der Waals surface area contributed by atoms with E-state index in [9.17, 15) is 4.79 Å². The maximum atomic E-state index is 11.9. The molecule has 0 saturated carbocycles. The second kappa shape index (κ2) is 8.23. The van der Waals surface area contributed by atoms with Crippen LogP contribution in [0.25, 0.3) is 0 Å². The Labute approximate surface area is 149 Å². The molecule has 3 rings (SSSR count). The smallest absolute Gasteiger partial charge is 0.246 e. The number of nitrogens with one attached hydrogen (secondary N) is 1. The Morgan fingerprint density at radius 2 is 2.12 bits per heavy atom. The lowest BCUT2D eigenvalue weighted by molar-refractivity contribution is -0.120. The Bertz CT molecular complexity index is 711. The first kappa shape index (κ1) is 16.9. The number of morpholine rings is 1.